The molecule has 0 aliphatic heterocycles. The van der Waals surface area contributed by atoms with Crippen molar-refractivity contribution in [3.8, 4) is 23.9 Å². The van der Waals surface area contributed by atoms with Crippen LogP contribution in [-0.2, 0) is 0 Å². The maximum Gasteiger partial charge on any atom is 0.235 e. The molecule has 2 heterocycles. The molecule has 0 saturated carbocycles. The quantitative estimate of drug-likeness (QED) is 0.648. The van der Waals surface area contributed by atoms with Crippen LogP contribution in [0.5, 0.6) is 0 Å². The lowest BCUT2D eigenvalue weighted by Gasteiger charge is -2.02. The van der Waals surface area contributed by atoms with Crippen molar-refractivity contribution in [3.63, 3.8) is 0 Å². The molecule has 0 amide bonds. The van der Waals surface area contributed by atoms with Crippen molar-refractivity contribution in [2.24, 2.45) is 0 Å². The summed E-state index contributed by atoms with van der Waals surface area (Å²) in [7, 11) is 0. The van der Waals surface area contributed by atoms with Gasteiger partial charge in [-0.2, -0.15) is 5.26 Å². The Balaban J connectivity index is 1.93. The van der Waals surface area contributed by atoms with Gasteiger partial charge in [-0.15, -0.1) is 0 Å². The van der Waals surface area contributed by atoms with Crippen LogP contribution < -0.4 is 0 Å². The predicted octanol–water partition coefficient (Wildman–Crippen LogP) is 2.55. The highest BCUT2D eigenvalue weighted by Gasteiger charge is 2.06. The summed E-state index contributed by atoms with van der Waals surface area (Å²) in [5, 5.41) is 8.91. The standard InChI is InChI=1S/C18H13N5/c1-13-8-9-20-18(21-13)23-12-17(22-14(23)2)7-6-15-4-3-5-16(10-15)11-19/h3-5,8-10,12H,1-2H3. The highest BCUT2D eigenvalue weighted by molar-refractivity contribution is 5.44. The van der Waals surface area contributed by atoms with E-state index in [1.54, 1.807) is 18.3 Å². The summed E-state index contributed by atoms with van der Waals surface area (Å²) in [6.07, 6.45) is 3.53. The first kappa shape index (κ1) is 14.5. The van der Waals surface area contributed by atoms with Crippen LogP contribution >= 0.6 is 0 Å². The average molecular weight is 299 g/mol. The summed E-state index contributed by atoms with van der Waals surface area (Å²) in [6, 6.07) is 11.1. The Kier molecular flexibility index (Phi) is 3.86. The van der Waals surface area contributed by atoms with Crippen LogP contribution in [-0.4, -0.2) is 19.5 Å². The van der Waals surface area contributed by atoms with Gasteiger partial charge in [-0.25, -0.2) is 15.0 Å². The fourth-order valence-electron chi connectivity index (χ4n) is 2.09. The number of hydrogen-bond donors (Lipinski definition) is 0. The third-order valence-electron chi connectivity index (χ3n) is 3.21. The van der Waals surface area contributed by atoms with Crippen molar-refractivity contribution in [1.82, 2.24) is 19.5 Å². The molecule has 110 valence electrons. The largest absolute Gasteiger partial charge is 0.271 e. The zero-order valence-corrected chi connectivity index (χ0v) is 12.8. The van der Waals surface area contributed by atoms with E-state index in [-0.39, 0.29) is 0 Å². The van der Waals surface area contributed by atoms with E-state index in [1.807, 2.05) is 42.8 Å². The molecule has 5 nitrogen and oxygen atoms in total. The minimum Gasteiger partial charge on any atom is -0.271 e. The number of aromatic nitrogens is 4. The number of aryl methyl sites for hydroxylation is 2. The molecule has 0 aliphatic rings. The summed E-state index contributed by atoms with van der Waals surface area (Å²) < 4.78 is 1.81. The summed E-state index contributed by atoms with van der Waals surface area (Å²) >= 11 is 0. The molecule has 0 N–H and O–H groups in total. The van der Waals surface area contributed by atoms with Gasteiger partial charge in [-0.3, -0.25) is 4.57 Å². The molecule has 3 aromatic rings. The molecule has 0 atom stereocenters. The fraction of sp³-hybridized carbons (Fsp3) is 0.111. The van der Waals surface area contributed by atoms with Gasteiger partial charge in [0.2, 0.25) is 5.95 Å². The number of nitriles is 1. The lowest BCUT2D eigenvalue weighted by molar-refractivity contribution is 0.871. The molecule has 23 heavy (non-hydrogen) atoms. The van der Waals surface area contributed by atoms with Gasteiger partial charge < -0.3 is 0 Å². The number of nitrogens with zero attached hydrogens (tertiary/aromatic N) is 5. The zero-order valence-electron chi connectivity index (χ0n) is 12.8. The van der Waals surface area contributed by atoms with Gasteiger partial charge in [-0.05, 0) is 44.0 Å². The van der Waals surface area contributed by atoms with Gasteiger partial charge in [0, 0.05) is 23.7 Å². The Labute approximate surface area is 134 Å². The number of hydrogen-bond acceptors (Lipinski definition) is 4. The number of imidazole rings is 1. The van der Waals surface area contributed by atoms with E-state index in [4.69, 9.17) is 5.26 Å². The molecular formula is C18H13N5. The zero-order chi connectivity index (χ0) is 16.2. The van der Waals surface area contributed by atoms with Crippen molar-refractivity contribution >= 4 is 0 Å². The van der Waals surface area contributed by atoms with Crippen LogP contribution in [0.15, 0.2) is 42.7 Å². The molecule has 0 saturated heterocycles. The van der Waals surface area contributed by atoms with Crippen molar-refractivity contribution < 1.29 is 0 Å². The van der Waals surface area contributed by atoms with Gasteiger partial charge in [0.05, 0.1) is 11.6 Å². The Bertz CT molecular complexity index is 967. The highest BCUT2D eigenvalue weighted by atomic mass is 15.2. The molecule has 2 aromatic heterocycles. The van der Waals surface area contributed by atoms with Gasteiger partial charge in [0.1, 0.15) is 11.5 Å². The first-order valence-electron chi connectivity index (χ1n) is 7.04. The van der Waals surface area contributed by atoms with Crippen LogP contribution in [0, 0.1) is 37.0 Å². The molecule has 3 rings (SSSR count). The predicted molar refractivity (Wildman–Crippen MR) is 85.8 cm³/mol. The number of rotatable bonds is 1. The Morgan fingerprint density at radius 1 is 1.04 bits per heavy atom. The summed E-state index contributed by atoms with van der Waals surface area (Å²) in [5.74, 6) is 7.38. The van der Waals surface area contributed by atoms with E-state index in [2.05, 4.69) is 32.9 Å². The highest BCUT2D eigenvalue weighted by Crippen LogP contribution is 2.08. The molecule has 0 fully saturated rings. The maximum absolute atomic E-state index is 8.91. The Morgan fingerprint density at radius 2 is 1.87 bits per heavy atom. The van der Waals surface area contributed by atoms with E-state index < -0.39 is 0 Å². The molecule has 0 spiro atoms. The topological polar surface area (TPSA) is 67.4 Å². The Morgan fingerprint density at radius 3 is 2.65 bits per heavy atom. The van der Waals surface area contributed by atoms with Crippen LogP contribution in [0.1, 0.15) is 28.3 Å². The van der Waals surface area contributed by atoms with E-state index in [0.717, 1.165) is 17.1 Å². The monoisotopic (exact) mass is 299 g/mol. The maximum atomic E-state index is 8.91. The second-order valence-electron chi connectivity index (χ2n) is 4.98. The smallest absolute Gasteiger partial charge is 0.235 e. The van der Waals surface area contributed by atoms with Gasteiger partial charge >= 0.3 is 0 Å². The van der Waals surface area contributed by atoms with Gasteiger partial charge in [-0.1, -0.05) is 12.0 Å². The lowest BCUT2D eigenvalue weighted by atomic mass is 10.1. The third kappa shape index (κ3) is 3.25. The molecule has 0 radical (unpaired) electrons. The normalized spacial score (nSPS) is 9.78. The van der Waals surface area contributed by atoms with E-state index in [9.17, 15) is 0 Å². The van der Waals surface area contributed by atoms with Crippen LogP contribution in [0.25, 0.3) is 5.95 Å². The summed E-state index contributed by atoms with van der Waals surface area (Å²) in [4.78, 5) is 13.1. The van der Waals surface area contributed by atoms with Crippen LogP contribution in [0.3, 0.4) is 0 Å². The van der Waals surface area contributed by atoms with E-state index in [1.165, 1.54) is 0 Å². The first-order valence-corrected chi connectivity index (χ1v) is 7.04. The third-order valence-corrected chi connectivity index (χ3v) is 3.21. The minimum absolute atomic E-state index is 0.578. The minimum atomic E-state index is 0.578. The van der Waals surface area contributed by atoms with E-state index in [0.29, 0.717) is 17.2 Å². The molecule has 0 bridgehead atoms. The fourth-order valence-corrected chi connectivity index (χ4v) is 2.09. The SMILES string of the molecule is Cc1ccnc(-n2cc(C#Cc3cccc(C#N)c3)nc2C)n1. The molecule has 5 heteroatoms. The molecule has 1 aromatic carbocycles. The van der Waals surface area contributed by atoms with Crippen molar-refractivity contribution in [2.45, 2.75) is 13.8 Å². The molecule has 0 unspecified atom stereocenters. The van der Waals surface area contributed by atoms with Crippen molar-refractivity contribution in [2.75, 3.05) is 0 Å². The van der Waals surface area contributed by atoms with E-state index >= 15 is 0 Å². The molecular weight excluding hydrogens is 286 g/mol. The van der Waals surface area contributed by atoms with Crippen molar-refractivity contribution in [1.29, 1.82) is 5.26 Å². The van der Waals surface area contributed by atoms with Crippen LogP contribution in [0.4, 0.5) is 0 Å². The first-order chi connectivity index (χ1) is 11.2. The lowest BCUT2D eigenvalue weighted by Crippen LogP contribution is -2.02. The second kappa shape index (κ2) is 6.13. The summed E-state index contributed by atoms with van der Waals surface area (Å²) in [6.45, 7) is 3.80. The van der Waals surface area contributed by atoms with Gasteiger partial charge in [0.15, 0.2) is 0 Å². The number of benzene rings is 1. The van der Waals surface area contributed by atoms with Crippen LogP contribution in [0.2, 0.25) is 0 Å². The Hall–Kier alpha value is -3.44. The van der Waals surface area contributed by atoms with Crippen molar-refractivity contribution in [3.05, 3.63) is 71.1 Å². The summed E-state index contributed by atoms with van der Waals surface area (Å²) in [5.41, 5.74) is 2.90. The average Bonchev–Trinajstić information content (AvgIpc) is 2.94. The second-order valence-corrected chi connectivity index (χ2v) is 4.98. The molecule has 0 aliphatic carbocycles. The van der Waals surface area contributed by atoms with Gasteiger partial charge in [0.25, 0.3) is 0 Å².